The molecule has 0 aliphatic heterocycles. The molecule has 0 bridgehead atoms. The van der Waals surface area contributed by atoms with Crippen LogP contribution in [0.2, 0.25) is 5.02 Å². The molecular formula is C20H15ClO3. The van der Waals surface area contributed by atoms with E-state index in [9.17, 15) is 9.90 Å². The number of fused-ring (bicyclic) bond motifs is 1. The van der Waals surface area contributed by atoms with Crippen LogP contribution in [0, 0.1) is 0 Å². The molecule has 0 amide bonds. The first kappa shape index (κ1) is 16.1. The van der Waals surface area contributed by atoms with Crippen LogP contribution >= 0.6 is 11.6 Å². The first-order valence-corrected chi connectivity index (χ1v) is 7.74. The number of aromatic hydroxyl groups is 1. The molecule has 0 saturated carbocycles. The Labute approximate surface area is 144 Å². The number of hydrogen-bond acceptors (Lipinski definition) is 3. The second kappa shape index (κ2) is 6.77. The lowest BCUT2D eigenvalue weighted by atomic mass is 10.0. The molecule has 0 heterocycles. The first-order chi connectivity index (χ1) is 11.6. The molecule has 0 unspecified atom stereocenters. The molecular weight excluding hydrogens is 324 g/mol. The normalized spacial score (nSPS) is 11.1. The Morgan fingerprint density at radius 2 is 1.83 bits per heavy atom. The summed E-state index contributed by atoms with van der Waals surface area (Å²) in [5, 5.41) is 12.0. The Balaban J connectivity index is 1.88. The number of carbonyl (C=O) groups is 1. The first-order valence-electron chi connectivity index (χ1n) is 7.36. The second-order valence-corrected chi connectivity index (χ2v) is 5.72. The summed E-state index contributed by atoms with van der Waals surface area (Å²) < 4.78 is 5.05. The highest BCUT2D eigenvalue weighted by molar-refractivity contribution is 6.32. The van der Waals surface area contributed by atoms with Gasteiger partial charge >= 0.3 is 0 Å². The van der Waals surface area contributed by atoms with Crippen molar-refractivity contribution >= 4 is 34.2 Å². The molecule has 0 aliphatic rings. The van der Waals surface area contributed by atoms with Gasteiger partial charge in [0.1, 0.15) is 0 Å². The van der Waals surface area contributed by atoms with Crippen LogP contribution < -0.4 is 4.74 Å². The van der Waals surface area contributed by atoms with E-state index in [1.54, 1.807) is 24.3 Å². The summed E-state index contributed by atoms with van der Waals surface area (Å²) >= 11 is 5.95. The van der Waals surface area contributed by atoms with Crippen molar-refractivity contribution in [2.24, 2.45) is 0 Å². The number of ether oxygens (including phenoxy) is 1. The van der Waals surface area contributed by atoms with E-state index in [-0.39, 0.29) is 22.3 Å². The maximum Gasteiger partial charge on any atom is 0.185 e. The molecule has 0 saturated heterocycles. The van der Waals surface area contributed by atoms with E-state index in [0.717, 1.165) is 10.8 Å². The minimum Gasteiger partial charge on any atom is -0.503 e. The molecule has 3 rings (SSSR count). The molecule has 3 nitrogen and oxygen atoms in total. The lowest BCUT2D eigenvalue weighted by Crippen LogP contribution is -1.94. The van der Waals surface area contributed by atoms with Gasteiger partial charge in [-0.2, -0.15) is 0 Å². The van der Waals surface area contributed by atoms with Crippen molar-refractivity contribution < 1.29 is 14.6 Å². The Bertz CT molecular complexity index is 945. The zero-order valence-corrected chi connectivity index (χ0v) is 13.7. The van der Waals surface area contributed by atoms with Crippen molar-refractivity contribution in [2.75, 3.05) is 7.11 Å². The molecule has 1 N–H and O–H groups in total. The molecule has 0 spiro atoms. The number of hydrogen-bond donors (Lipinski definition) is 1. The van der Waals surface area contributed by atoms with Crippen LogP contribution in [0.5, 0.6) is 11.5 Å². The van der Waals surface area contributed by atoms with Gasteiger partial charge in [-0.1, -0.05) is 54.1 Å². The number of halogens is 1. The minimum atomic E-state index is -0.114. The predicted octanol–water partition coefficient (Wildman–Crippen LogP) is 5.10. The molecule has 0 aromatic heterocycles. The number of benzene rings is 3. The van der Waals surface area contributed by atoms with Gasteiger partial charge in [0.2, 0.25) is 0 Å². The van der Waals surface area contributed by atoms with Crippen LogP contribution in [-0.4, -0.2) is 18.0 Å². The lowest BCUT2D eigenvalue weighted by Gasteiger charge is -2.06. The highest BCUT2D eigenvalue weighted by Gasteiger charge is 2.08. The summed E-state index contributed by atoms with van der Waals surface area (Å²) in [6.45, 7) is 0. The Kier molecular flexibility index (Phi) is 4.54. The fourth-order valence-electron chi connectivity index (χ4n) is 2.46. The number of methoxy groups -OCH3 is 1. The minimum absolute atomic E-state index is 0.107. The zero-order valence-electron chi connectivity index (χ0n) is 13.0. The maximum atomic E-state index is 12.4. The van der Waals surface area contributed by atoms with E-state index in [4.69, 9.17) is 16.3 Å². The number of phenols is 1. The Morgan fingerprint density at radius 3 is 2.58 bits per heavy atom. The van der Waals surface area contributed by atoms with Crippen molar-refractivity contribution in [3.05, 3.63) is 76.8 Å². The maximum absolute atomic E-state index is 12.4. The third-order valence-corrected chi connectivity index (χ3v) is 4.02. The largest absolute Gasteiger partial charge is 0.503 e. The van der Waals surface area contributed by atoms with E-state index < -0.39 is 0 Å². The summed E-state index contributed by atoms with van der Waals surface area (Å²) in [5.74, 6) is 0.0430. The number of ketones is 1. The second-order valence-electron chi connectivity index (χ2n) is 5.31. The molecule has 24 heavy (non-hydrogen) atoms. The van der Waals surface area contributed by atoms with E-state index in [1.807, 2.05) is 36.4 Å². The number of carbonyl (C=O) groups excluding carboxylic acids is 1. The summed E-state index contributed by atoms with van der Waals surface area (Å²) in [7, 11) is 1.44. The number of allylic oxidation sites excluding steroid dienone is 1. The average molecular weight is 339 g/mol. The van der Waals surface area contributed by atoms with Gasteiger partial charge in [-0.25, -0.2) is 0 Å². The SMILES string of the molecule is COc1cc(/C=C/C(=O)c2ccc3ccccc3c2)cc(Cl)c1O. The molecule has 3 aromatic carbocycles. The van der Waals surface area contributed by atoms with Crippen molar-refractivity contribution in [3.8, 4) is 11.5 Å². The van der Waals surface area contributed by atoms with Gasteiger partial charge in [0, 0.05) is 5.56 Å². The van der Waals surface area contributed by atoms with Gasteiger partial charge in [-0.05, 0) is 40.6 Å². The fourth-order valence-corrected chi connectivity index (χ4v) is 2.68. The van der Waals surface area contributed by atoms with Gasteiger partial charge in [0.15, 0.2) is 17.3 Å². The average Bonchev–Trinajstić information content (AvgIpc) is 2.61. The quantitative estimate of drug-likeness (QED) is 0.531. The van der Waals surface area contributed by atoms with Gasteiger partial charge in [0.25, 0.3) is 0 Å². The molecule has 120 valence electrons. The summed E-state index contributed by atoms with van der Waals surface area (Å²) in [6.07, 6.45) is 3.12. The summed E-state index contributed by atoms with van der Waals surface area (Å²) in [5.41, 5.74) is 1.28. The predicted molar refractivity (Wildman–Crippen MR) is 97.0 cm³/mol. The molecule has 0 atom stereocenters. The third-order valence-electron chi connectivity index (χ3n) is 3.73. The Hall–Kier alpha value is -2.78. The van der Waals surface area contributed by atoms with E-state index in [0.29, 0.717) is 11.1 Å². The van der Waals surface area contributed by atoms with Crippen LogP contribution in [-0.2, 0) is 0 Å². The van der Waals surface area contributed by atoms with Crippen LogP contribution in [0.1, 0.15) is 15.9 Å². The molecule has 0 aliphatic carbocycles. The monoisotopic (exact) mass is 338 g/mol. The zero-order chi connectivity index (χ0) is 17.1. The number of rotatable bonds is 4. The summed E-state index contributed by atoms with van der Waals surface area (Å²) in [6, 6.07) is 16.7. The highest BCUT2D eigenvalue weighted by Crippen LogP contribution is 2.35. The molecule has 0 radical (unpaired) electrons. The highest BCUT2D eigenvalue weighted by atomic mass is 35.5. The van der Waals surface area contributed by atoms with Crippen molar-refractivity contribution in [1.82, 2.24) is 0 Å². The van der Waals surface area contributed by atoms with Gasteiger partial charge in [0.05, 0.1) is 12.1 Å². The Morgan fingerprint density at radius 1 is 1.08 bits per heavy atom. The topological polar surface area (TPSA) is 46.5 Å². The summed E-state index contributed by atoms with van der Waals surface area (Å²) in [4.78, 5) is 12.4. The van der Waals surface area contributed by atoms with Crippen LogP contribution in [0.25, 0.3) is 16.8 Å². The molecule has 4 heteroatoms. The van der Waals surface area contributed by atoms with E-state index in [1.165, 1.54) is 13.2 Å². The van der Waals surface area contributed by atoms with Crippen molar-refractivity contribution in [2.45, 2.75) is 0 Å². The number of phenolic OH excluding ortho intramolecular Hbond substituents is 1. The van der Waals surface area contributed by atoms with Crippen LogP contribution in [0.4, 0.5) is 0 Å². The van der Waals surface area contributed by atoms with Crippen LogP contribution in [0.15, 0.2) is 60.7 Å². The van der Waals surface area contributed by atoms with Crippen molar-refractivity contribution in [3.63, 3.8) is 0 Å². The van der Waals surface area contributed by atoms with E-state index >= 15 is 0 Å². The standard InChI is InChI=1S/C20H15ClO3/c1-24-19-11-13(10-17(21)20(19)23)6-9-18(22)16-8-7-14-4-2-3-5-15(14)12-16/h2-12,23H,1H3/b9-6+. The van der Waals surface area contributed by atoms with Gasteiger partial charge < -0.3 is 9.84 Å². The fraction of sp³-hybridized carbons (Fsp3) is 0.0500. The van der Waals surface area contributed by atoms with Crippen LogP contribution in [0.3, 0.4) is 0 Å². The van der Waals surface area contributed by atoms with Crippen molar-refractivity contribution in [1.29, 1.82) is 0 Å². The molecule has 3 aromatic rings. The molecule has 0 fully saturated rings. The smallest absolute Gasteiger partial charge is 0.185 e. The lowest BCUT2D eigenvalue weighted by molar-refractivity contribution is 0.104. The van der Waals surface area contributed by atoms with Gasteiger partial charge in [-0.3, -0.25) is 4.79 Å². The van der Waals surface area contributed by atoms with Gasteiger partial charge in [-0.15, -0.1) is 0 Å². The third kappa shape index (κ3) is 3.26. The van der Waals surface area contributed by atoms with E-state index in [2.05, 4.69) is 0 Å².